The Morgan fingerprint density at radius 3 is 2.38 bits per heavy atom. The second-order valence-electron chi connectivity index (χ2n) is 4.85. The summed E-state index contributed by atoms with van der Waals surface area (Å²) in [5, 5.41) is 9.77. The number of hydrogen-bond acceptors (Lipinski definition) is 2. The molecule has 1 N–H and O–H groups in total. The quantitative estimate of drug-likeness (QED) is 0.788. The van der Waals surface area contributed by atoms with Crippen molar-refractivity contribution in [3.63, 3.8) is 0 Å². The maximum absolute atomic E-state index is 9.77. The highest BCUT2D eigenvalue weighted by Gasteiger charge is 2.09. The van der Waals surface area contributed by atoms with Gasteiger partial charge in [0.2, 0.25) is 0 Å². The molecule has 0 aliphatic heterocycles. The molecule has 2 rings (SSSR count). The molecule has 0 fully saturated rings. The number of ether oxygens (including phenoxy) is 1. The van der Waals surface area contributed by atoms with Crippen LogP contribution < -0.4 is 4.74 Å². The summed E-state index contributed by atoms with van der Waals surface area (Å²) in [4.78, 5) is 0. The molecular formula is C19H20O2. The number of rotatable bonds is 6. The standard InChI is InChI=1S/C19H20O2/c1-4-6-14-8-10-17(20)13-18(14)15-9-11-19(21-3)16(12-15)7-5-2/h4-5,8-13,20H,1-2,6-7H2,3H3. The van der Waals surface area contributed by atoms with Crippen molar-refractivity contribution < 1.29 is 9.84 Å². The van der Waals surface area contributed by atoms with Gasteiger partial charge in [0.25, 0.3) is 0 Å². The van der Waals surface area contributed by atoms with Crippen molar-refractivity contribution in [1.29, 1.82) is 0 Å². The van der Waals surface area contributed by atoms with Crippen LogP contribution in [0.5, 0.6) is 11.5 Å². The molecule has 2 aromatic rings. The molecule has 2 nitrogen and oxygen atoms in total. The molecule has 0 aliphatic rings. The van der Waals surface area contributed by atoms with Gasteiger partial charge in [-0.1, -0.05) is 24.3 Å². The molecule has 108 valence electrons. The van der Waals surface area contributed by atoms with E-state index in [9.17, 15) is 5.11 Å². The minimum atomic E-state index is 0.263. The van der Waals surface area contributed by atoms with Crippen molar-refractivity contribution in [2.24, 2.45) is 0 Å². The van der Waals surface area contributed by atoms with Crippen LogP contribution in [-0.2, 0) is 12.8 Å². The van der Waals surface area contributed by atoms with Crippen molar-refractivity contribution >= 4 is 0 Å². The van der Waals surface area contributed by atoms with Gasteiger partial charge in [0.1, 0.15) is 11.5 Å². The Morgan fingerprint density at radius 2 is 1.71 bits per heavy atom. The molecule has 2 aromatic carbocycles. The van der Waals surface area contributed by atoms with Gasteiger partial charge in [-0.05, 0) is 59.4 Å². The molecule has 0 saturated heterocycles. The van der Waals surface area contributed by atoms with Crippen LogP contribution in [0.4, 0.5) is 0 Å². The number of phenols is 1. The molecular weight excluding hydrogens is 260 g/mol. The molecule has 0 atom stereocenters. The number of allylic oxidation sites excluding steroid dienone is 2. The lowest BCUT2D eigenvalue weighted by atomic mass is 9.95. The van der Waals surface area contributed by atoms with E-state index in [1.807, 2.05) is 30.4 Å². The lowest BCUT2D eigenvalue weighted by Gasteiger charge is -2.13. The summed E-state index contributed by atoms with van der Waals surface area (Å²) < 4.78 is 5.38. The summed E-state index contributed by atoms with van der Waals surface area (Å²) >= 11 is 0. The highest BCUT2D eigenvalue weighted by atomic mass is 16.5. The van der Waals surface area contributed by atoms with E-state index in [0.717, 1.165) is 40.8 Å². The minimum absolute atomic E-state index is 0.263. The van der Waals surface area contributed by atoms with Gasteiger partial charge in [-0.2, -0.15) is 0 Å². The highest BCUT2D eigenvalue weighted by molar-refractivity contribution is 5.71. The van der Waals surface area contributed by atoms with Gasteiger partial charge in [0.05, 0.1) is 7.11 Å². The van der Waals surface area contributed by atoms with Crippen LogP contribution in [0.2, 0.25) is 0 Å². The average molecular weight is 280 g/mol. The van der Waals surface area contributed by atoms with Gasteiger partial charge in [-0.15, -0.1) is 13.2 Å². The van der Waals surface area contributed by atoms with E-state index in [4.69, 9.17) is 4.74 Å². The van der Waals surface area contributed by atoms with Crippen LogP contribution in [0.3, 0.4) is 0 Å². The van der Waals surface area contributed by atoms with E-state index in [-0.39, 0.29) is 5.75 Å². The predicted molar refractivity (Wildman–Crippen MR) is 87.9 cm³/mol. The normalized spacial score (nSPS) is 10.1. The first-order chi connectivity index (χ1) is 10.2. The lowest BCUT2D eigenvalue weighted by molar-refractivity contribution is 0.411. The van der Waals surface area contributed by atoms with Gasteiger partial charge in [0.15, 0.2) is 0 Å². The fourth-order valence-corrected chi connectivity index (χ4v) is 2.43. The van der Waals surface area contributed by atoms with Gasteiger partial charge in [0, 0.05) is 0 Å². The van der Waals surface area contributed by atoms with Crippen LogP contribution in [0, 0.1) is 0 Å². The topological polar surface area (TPSA) is 29.5 Å². The third-order valence-electron chi connectivity index (χ3n) is 3.41. The Bertz CT molecular complexity index is 657. The van der Waals surface area contributed by atoms with E-state index in [1.54, 1.807) is 19.2 Å². The van der Waals surface area contributed by atoms with Crippen LogP contribution in [0.25, 0.3) is 11.1 Å². The van der Waals surface area contributed by atoms with E-state index >= 15 is 0 Å². The van der Waals surface area contributed by atoms with Crippen molar-refractivity contribution in [3.05, 3.63) is 72.8 Å². The summed E-state index contributed by atoms with van der Waals surface area (Å²) in [5.74, 6) is 1.11. The molecule has 0 unspecified atom stereocenters. The molecule has 0 spiro atoms. The first kappa shape index (κ1) is 14.9. The largest absolute Gasteiger partial charge is 0.508 e. The molecule has 2 heteroatoms. The van der Waals surface area contributed by atoms with Gasteiger partial charge in [-0.25, -0.2) is 0 Å². The fraction of sp³-hybridized carbons (Fsp3) is 0.158. The van der Waals surface area contributed by atoms with Crippen LogP contribution in [-0.4, -0.2) is 12.2 Å². The zero-order valence-electron chi connectivity index (χ0n) is 12.3. The van der Waals surface area contributed by atoms with Crippen molar-refractivity contribution in [2.75, 3.05) is 7.11 Å². The summed E-state index contributed by atoms with van der Waals surface area (Å²) in [5.41, 5.74) is 4.29. The number of methoxy groups -OCH3 is 1. The maximum Gasteiger partial charge on any atom is 0.122 e. The zero-order chi connectivity index (χ0) is 15.2. The Kier molecular flexibility index (Phi) is 4.83. The Balaban J connectivity index is 2.55. The predicted octanol–water partition coefficient (Wildman–Crippen LogP) is 4.52. The van der Waals surface area contributed by atoms with Crippen molar-refractivity contribution in [3.8, 4) is 22.6 Å². The van der Waals surface area contributed by atoms with Gasteiger partial charge in [-0.3, -0.25) is 0 Å². The molecule has 0 heterocycles. The van der Waals surface area contributed by atoms with E-state index in [0.29, 0.717) is 0 Å². The summed E-state index contributed by atoms with van der Waals surface area (Å²) in [6, 6.07) is 11.5. The summed E-state index contributed by atoms with van der Waals surface area (Å²) in [6.45, 7) is 7.58. The molecule has 0 aromatic heterocycles. The Morgan fingerprint density at radius 1 is 1.00 bits per heavy atom. The summed E-state index contributed by atoms with van der Waals surface area (Å²) in [7, 11) is 1.67. The molecule has 21 heavy (non-hydrogen) atoms. The smallest absolute Gasteiger partial charge is 0.122 e. The van der Waals surface area contributed by atoms with E-state index in [1.165, 1.54) is 0 Å². The first-order valence-corrected chi connectivity index (χ1v) is 6.90. The third-order valence-corrected chi connectivity index (χ3v) is 3.41. The zero-order valence-corrected chi connectivity index (χ0v) is 12.3. The SMILES string of the molecule is C=CCc1cc(-c2cc(O)ccc2CC=C)ccc1OC. The molecule has 0 aliphatic carbocycles. The maximum atomic E-state index is 9.77. The van der Waals surface area contributed by atoms with Crippen molar-refractivity contribution in [1.82, 2.24) is 0 Å². The highest BCUT2D eigenvalue weighted by Crippen LogP contribution is 2.32. The monoisotopic (exact) mass is 280 g/mol. The second kappa shape index (κ2) is 6.80. The van der Waals surface area contributed by atoms with E-state index in [2.05, 4.69) is 19.2 Å². The average Bonchev–Trinajstić information content (AvgIpc) is 2.49. The molecule has 0 saturated carbocycles. The van der Waals surface area contributed by atoms with Crippen molar-refractivity contribution in [2.45, 2.75) is 12.8 Å². The Labute approximate surface area is 126 Å². The summed E-state index contributed by atoms with van der Waals surface area (Å²) in [6.07, 6.45) is 5.23. The number of aromatic hydroxyl groups is 1. The molecule has 0 bridgehead atoms. The lowest BCUT2D eigenvalue weighted by Crippen LogP contribution is -1.93. The van der Waals surface area contributed by atoms with Gasteiger partial charge >= 0.3 is 0 Å². The second-order valence-corrected chi connectivity index (χ2v) is 4.85. The van der Waals surface area contributed by atoms with Gasteiger partial charge < -0.3 is 9.84 Å². The number of hydrogen-bond donors (Lipinski definition) is 1. The third kappa shape index (κ3) is 3.34. The first-order valence-electron chi connectivity index (χ1n) is 6.90. The van der Waals surface area contributed by atoms with Crippen LogP contribution in [0.15, 0.2) is 61.7 Å². The number of benzene rings is 2. The van der Waals surface area contributed by atoms with Crippen LogP contribution >= 0.6 is 0 Å². The van der Waals surface area contributed by atoms with Crippen LogP contribution in [0.1, 0.15) is 11.1 Å². The molecule has 0 radical (unpaired) electrons. The van der Waals surface area contributed by atoms with E-state index < -0.39 is 0 Å². The Hall–Kier alpha value is -2.48. The minimum Gasteiger partial charge on any atom is -0.508 e. The fourth-order valence-electron chi connectivity index (χ4n) is 2.43. The molecule has 0 amide bonds. The number of phenolic OH excluding ortho intramolecular Hbond substituents is 1.